The Hall–Kier alpha value is -2.80. The van der Waals surface area contributed by atoms with Gasteiger partial charge < -0.3 is 20.1 Å². The molecule has 0 radical (unpaired) electrons. The smallest absolute Gasteiger partial charge is 0.339 e. The molecule has 4 aliphatic carbocycles. The van der Waals surface area contributed by atoms with Gasteiger partial charge in [-0.2, -0.15) is 0 Å². The third-order valence-corrected chi connectivity index (χ3v) is 10.1. The third-order valence-electron chi connectivity index (χ3n) is 10.1. The normalized spacial score (nSPS) is 39.6. The predicted molar refractivity (Wildman–Crippen MR) is 139 cm³/mol. The summed E-state index contributed by atoms with van der Waals surface area (Å²) < 4.78 is 6.03. The molecule has 6 nitrogen and oxygen atoms in total. The minimum absolute atomic E-state index is 0.0434. The van der Waals surface area contributed by atoms with Gasteiger partial charge in [-0.1, -0.05) is 69.3 Å². The van der Waals surface area contributed by atoms with Gasteiger partial charge in [-0.3, -0.25) is 4.79 Å². The quantitative estimate of drug-likeness (QED) is 0.435. The molecule has 6 rings (SSSR count). The molecular weight excluding hydrogens is 468 g/mol. The van der Waals surface area contributed by atoms with Crippen molar-refractivity contribution in [3.8, 4) is 0 Å². The first-order chi connectivity index (χ1) is 17.5. The number of hydrogen-bond donors (Lipinski definition) is 3. The molecule has 2 fully saturated rings. The highest BCUT2D eigenvalue weighted by Gasteiger charge is 2.76. The first kappa shape index (κ1) is 24.5. The number of allylic oxidation sites excluding steroid dienone is 1. The molecule has 194 valence electrons. The molecule has 1 spiro atoms. The number of ketones is 1. The number of aliphatic hydroxyl groups is 3. The Labute approximate surface area is 216 Å². The van der Waals surface area contributed by atoms with Crippen LogP contribution in [0.4, 0.5) is 0 Å². The number of esters is 1. The number of carbonyl (C=O) groups is 2. The van der Waals surface area contributed by atoms with Crippen LogP contribution >= 0.6 is 0 Å². The molecule has 37 heavy (non-hydrogen) atoms. The van der Waals surface area contributed by atoms with Crippen LogP contribution in [-0.2, 0) is 9.53 Å². The summed E-state index contributed by atoms with van der Waals surface area (Å²) >= 11 is 0. The van der Waals surface area contributed by atoms with Gasteiger partial charge in [0.15, 0.2) is 17.5 Å². The van der Waals surface area contributed by atoms with Crippen molar-refractivity contribution >= 4 is 22.5 Å². The van der Waals surface area contributed by atoms with E-state index in [9.17, 15) is 24.9 Å². The number of fused-ring (bicyclic) bond motifs is 4. The summed E-state index contributed by atoms with van der Waals surface area (Å²) in [6, 6.07) is 12.8. The fourth-order valence-corrected chi connectivity index (χ4v) is 8.17. The lowest BCUT2D eigenvalue weighted by Crippen LogP contribution is -2.65. The monoisotopic (exact) mass is 502 g/mol. The van der Waals surface area contributed by atoms with Crippen molar-refractivity contribution in [2.24, 2.45) is 34.5 Å². The van der Waals surface area contributed by atoms with Crippen molar-refractivity contribution in [1.29, 1.82) is 0 Å². The summed E-state index contributed by atoms with van der Waals surface area (Å²) in [5.41, 5.74) is -2.55. The Bertz CT molecular complexity index is 1380. The van der Waals surface area contributed by atoms with Gasteiger partial charge in [0.25, 0.3) is 0 Å². The molecule has 2 aromatic carbocycles. The Balaban J connectivity index is 1.47. The number of carbonyl (C=O) groups excluding carboxylic acids is 2. The minimum Gasteiger partial charge on any atom is -0.451 e. The van der Waals surface area contributed by atoms with Crippen molar-refractivity contribution in [3.05, 3.63) is 71.3 Å². The lowest BCUT2D eigenvalue weighted by molar-refractivity contribution is -0.190. The van der Waals surface area contributed by atoms with Crippen LogP contribution in [-0.4, -0.2) is 51.5 Å². The van der Waals surface area contributed by atoms with Gasteiger partial charge in [0.05, 0.1) is 17.6 Å². The molecule has 2 bridgehead atoms. The second kappa shape index (κ2) is 7.85. The van der Waals surface area contributed by atoms with E-state index in [1.165, 1.54) is 0 Å². The fraction of sp³-hybridized carbons (Fsp3) is 0.484. The minimum atomic E-state index is -2.14. The number of hydrogen-bond acceptors (Lipinski definition) is 6. The van der Waals surface area contributed by atoms with E-state index in [2.05, 4.69) is 13.8 Å². The molecule has 0 aliphatic heterocycles. The van der Waals surface area contributed by atoms with Gasteiger partial charge in [-0.25, -0.2) is 4.79 Å². The van der Waals surface area contributed by atoms with E-state index in [0.717, 1.165) is 10.8 Å². The zero-order valence-corrected chi connectivity index (χ0v) is 21.6. The first-order valence-corrected chi connectivity index (χ1v) is 13.1. The van der Waals surface area contributed by atoms with E-state index in [-0.39, 0.29) is 34.5 Å². The first-order valence-electron chi connectivity index (χ1n) is 13.1. The summed E-state index contributed by atoms with van der Waals surface area (Å²) in [6.45, 7) is 7.50. The van der Waals surface area contributed by atoms with Gasteiger partial charge in [-0.15, -0.1) is 0 Å². The number of aliphatic hydroxyl groups excluding tert-OH is 2. The van der Waals surface area contributed by atoms with Crippen molar-refractivity contribution in [1.82, 2.24) is 0 Å². The molecule has 4 aliphatic rings. The molecular formula is C31H34O6. The molecule has 0 aromatic heterocycles. The van der Waals surface area contributed by atoms with Crippen molar-refractivity contribution < 1.29 is 29.6 Å². The van der Waals surface area contributed by atoms with Crippen LogP contribution < -0.4 is 0 Å². The molecule has 2 saturated carbocycles. The predicted octanol–water partition coefficient (Wildman–Crippen LogP) is 3.83. The van der Waals surface area contributed by atoms with Crippen LogP contribution in [0.25, 0.3) is 10.8 Å². The number of Topliss-reactive ketones (excluding diaryl/α,β-unsaturated/α-hetero) is 1. The standard InChI is InChI=1S/C31H34O6/c1-16-14-30-17(2)12-23-24(29(23,3)4)22(26(30)34)13-19(15-32)25(33)31(30,36)27(16)37-28(35)21-11-7-9-18-8-5-6-10-20(18)21/h5-11,13-14,17,22-25,27,32-33,36H,12,15H2,1-4H3/t17-,22?,23-,24+,25-,27+,30+,31+/m1/s1. The maximum absolute atomic E-state index is 14.4. The number of ether oxygens (including phenoxy) is 1. The van der Waals surface area contributed by atoms with Crippen molar-refractivity contribution in [3.63, 3.8) is 0 Å². The van der Waals surface area contributed by atoms with Crippen LogP contribution in [0.1, 0.15) is 44.5 Å². The van der Waals surface area contributed by atoms with Gasteiger partial charge in [0.2, 0.25) is 0 Å². The van der Waals surface area contributed by atoms with E-state index in [4.69, 9.17) is 4.74 Å². The van der Waals surface area contributed by atoms with E-state index in [0.29, 0.717) is 17.6 Å². The molecule has 0 amide bonds. The average Bonchev–Trinajstić information content (AvgIpc) is 3.37. The lowest BCUT2D eigenvalue weighted by Gasteiger charge is -2.48. The Morgan fingerprint density at radius 2 is 1.84 bits per heavy atom. The van der Waals surface area contributed by atoms with Crippen LogP contribution in [0.15, 0.2) is 65.8 Å². The number of rotatable bonds is 3. The van der Waals surface area contributed by atoms with Gasteiger partial charge in [-0.05, 0) is 64.5 Å². The zero-order chi connectivity index (χ0) is 26.5. The Kier molecular flexibility index (Phi) is 5.21. The highest BCUT2D eigenvalue weighted by molar-refractivity contribution is 6.04. The summed E-state index contributed by atoms with van der Waals surface area (Å²) in [5, 5.41) is 36.1. The van der Waals surface area contributed by atoms with Gasteiger partial charge >= 0.3 is 5.97 Å². The topological polar surface area (TPSA) is 104 Å². The summed E-state index contributed by atoms with van der Waals surface area (Å²) in [7, 11) is 0. The van der Waals surface area contributed by atoms with E-state index in [1.54, 1.807) is 31.2 Å². The Morgan fingerprint density at radius 3 is 2.57 bits per heavy atom. The van der Waals surface area contributed by atoms with E-state index < -0.39 is 41.7 Å². The van der Waals surface area contributed by atoms with Crippen LogP contribution in [0.5, 0.6) is 0 Å². The summed E-state index contributed by atoms with van der Waals surface area (Å²) in [5.74, 6) is -1.28. The fourth-order valence-electron chi connectivity index (χ4n) is 8.17. The molecule has 0 heterocycles. The molecule has 6 heteroatoms. The second-order valence-electron chi connectivity index (χ2n) is 12.2. The highest BCUT2D eigenvalue weighted by atomic mass is 16.6. The van der Waals surface area contributed by atoms with Crippen LogP contribution in [0.3, 0.4) is 0 Å². The summed E-state index contributed by atoms with van der Waals surface area (Å²) in [6.07, 6.45) is 1.32. The van der Waals surface area contributed by atoms with Crippen molar-refractivity contribution in [2.75, 3.05) is 6.61 Å². The van der Waals surface area contributed by atoms with Gasteiger partial charge in [0.1, 0.15) is 6.10 Å². The lowest BCUT2D eigenvalue weighted by atomic mass is 9.59. The maximum atomic E-state index is 14.4. The average molecular weight is 503 g/mol. The molecule has 2 aromatic rings. The zero-order valence-electron chi connectivity index (χ0n) is 21.6. The van der Waals surface area contributed by atoms with Gasteiger partial charge in [0, 0.05) is 5.92 Å². The number of benzene rings is 2. The molecule has 3 N–H and O–H groups in total. The SMILES string of the molecule is CC1=C[C@]23C(=O)C(C=C(CO)[C@@H](O)[C@]2(O)[C@H]1OC(=O)c1cccc2ccccc12)[C@H]1[C@@H](C[C@H]3C)C1(C)C. The van der Waals surface area contributed by atoms with Crippen LogP contribution in [0, 0.1) is 34.5 Å². The molecule has 8 atom stereocenters. The maximum Gasteiger partial charge on any atom is 0.339 e. The second-order valence-corrected chi connectivity index (χ2v) is 12.2. The van der Waals surface area contributed by atoms with E-state index in [1.807, 2.05) is 37.3 Å². The highest BCUT2D eigenvalue weighted by Crippen LogP contribution is 2.71. The largest absolute Gasteiger partial charge is 0.451 e. The Morgan fingerprint density at radius 1 is 1.14 bits per heavy atom. The molecule has 1 unspecified atom stereocenters. The van der Waals surface area contributed by atoms with E-state index >= 15 is 0 Å². The van der Waals surface area contributed by atoms with Crippen molar-refractivity contribution in [2.45, 2.75) is 51.9 Å². The van der Waals surface area contributed by atoms with Crippen LogP contribution in [0.2, 0.25) is 0 Å². The summed E-state index contributed by atoms with van der Waals surface area (Å²) in [4.78, 5) is 28.0. The third kappa shape index (κ3) is 2.98. The molecule has 0 saturated heterocycles.